The fourth-order valence-electron chi connectivity index (χ4n) is 1.84. The summed E-state index contributed by atoms with van der Waals surface area (Å²) in [4.78, 5) is 23.1. The molecule has 0 unspecified atom stereocenters. The Balaban J connectivity index is 2.21. The first-order valence-electron chi connectivity index (χ1n) is 5.51. The van der Waals surface area contributed by atoms with Gasteiger partial charge < -0.3 is 15.4 Å². The maximum Gasteiger partial charge on any atom is 0.408 e. The van der Waals surface area contributed by atoms with Gasteiger partial charge in [0.15, 0.2) is 0 Å². The summed E-state index contributed by atoms with van der Waals surface area (Å²) < 4.78 is 4.78. The van der Waals surface area contributed by atoms with Gasteiger partial charge in [-0.05, 0) is 18.1 Å². The molecular weight excluding hydrogens is 220 g/mol. The third-order valence-corrected chi connectivity index (χ3v) is 2.62. The summed E-state index contributed by atoms with van der Waals surface area (Å²) in [5.41, 5.74) is 1.83. The van der Waals surface area contributed by atoms with Crippen molar-refractivity contribution in [3.05, 3.63) is 35.4 Å². The highest BCUT2D eigenvalue weighted by molar-refractivity contribution is 5.88. The van der Waals surface area contributed by atoms with Crippen LogP contribution in [0.5, 0.6) is 0 Å². The van der Waals surface area contributed by atoms with Gasteiger partial charge in [-0.25, -0.2) is 4.79 Å². The number of rotatable bonds is 2. The van der Waals surface area contributed by atoms with Crippen molar-refractivity contribution in [1.29, 1.82) is 0 Å². The molecule has 17 heavy (non-hydrogen) atoms. The van der Waals surface area contributed by atoms with Gasteiger partial charge in [0.1, 0.15) is 6.04 Å². The molecule has 1 heterocycles. The molecule has 90 valence electrons. The number of carbonyl (C=O) groups excluding carboxylic acids is 2. The molecule has 1 aromatic rings. The first-order chi connectivity index (χ1) is 8.22. The quantitative estimate of drug-likeness (QED) is 0.805. The molecule has 5 nitrogen and oxygen atoms in total. The SMILES string of the molecule is CCOC(=O)N[C@@H]1C(=O)NCc2ccccc21. The van der Waals surface area contributed by atoms with Gasteiger partial charge in [-0.3, -0.25) is 4.79 Å². The number of alkyl carbamates (subject to hydrolysis) is 1. The molecule has 0 bridgehead atoms. The molecule has 2 amide bonds. The van der Waals surface area contributed by atoms with Gasteiger partial charge in [-0.2, -0.15) is 0 Å². The van der Waals surface area contributed by atoms with Crippen LogP contribution in [0.2, 0.25) is 0 Å². The summed E-state index contributed by atoms with van der Waals surface area (Å²) in [6, 6.07) is 6.84. The van der Waals surface area contributed by atoms with Crippen LogP contribution in [0.4, 0.5) is 4.79 Å². The lowest BCUT2D eigenvalue weighted by atomic mass is 9.96. The minimum Gasteiger partial charge on any atom is -0.450 e. The smallest absolute Gasteiger partial charge is 0.408 e. The summed E-state index contributed by atoms with van der Waals surface area (Å²) in [5, 5.41) is 5.28. The fraction of sp³-hybridized carbons (Fsp3) is 0.333. The number of hydrogen-bond donors (Lipinski definition) is 2. The standard InChI is InChI=1S/C12H14N2O3/c1-2-17-12(16)14-10-9-6-4-3-5-8(9)7-13-11(10)15/h3-6,10H,2,7H2,1H3,(H,13,15)(H,14,16)/t10-/m0/s1. The van der Waals surface area contributed by atoms with Crippen molar-refractivity contribution in [2.24, 2.45) is 0 Å². The molecule has 1 aliphatic rings. The van der Waals surface area contributed by atoms with E-state index in [1.807, 2.05) is 24.3 Å². The van der Waals surface area contributed by atoms with E-state index < -0.39 is 12.1 Å². The molecule has 0 spiro atoms. The van der Waals surface area contributed by atoms with Crippen LogP contribution in [0.25, 0.3) is 0 Å². The van der Waals surface area contributed by atoms with Gasteiger partial charge in [-0.15, -0.1) is 0 Å². The maximum atomic E-state index is 11.7. The Kier molecular flexibility index (Phi) is 3.27. The van der Waals surface area contributed by atoms with E-state index in [0.717, 1.165) is 11.1 Å². The third kappa shape index (κ3) is 2.38. The third-order valence-electron chi connectivity index (χ3n) is 2.62. The van der Waals surface area contributed by atoms with Gasteiger partial charge in [0, 0.05) is 6.54 Å². The van der Waals surface area contributed by atoms with E-state index in [-0.39, 0.29) is 12.5 Å². The van der Waals surface area contributed by atoms with Crippen LogP contribution in [0.15, 0.2) is 24.3 Å². The maximum absolute atomic E-state index is 11.7. The molecule has 0 radical (unpaired) electrons. The molecule has 0 saturated heterocycles. The van der Waals surface area contributed by atoms with E-state index in [0.29, 0.717) is 6.54 Å². The number of benzene rings is 1. The number of carbonyl (C=O) groups is 2. The lowest BCUT2D eigenvalue weighted by Crippen LogP contribution is -2.44. The lowest BCUT2D eigenvalue weighted by molar-refractivity contribution is -0.123. The Labute approximate surface area is 99.2 Å². The highest BCUT2D eigenvalue weighted by atomic mass is 16.5. The Bertz CT molecular complexity index is 445. The van der Waals surface area contributed by atoms with Gasteiger partial charge in [-0.1, -0.05) is 24.3 Å². The van der Waals surface area contributed by atoms with Gasteiger partial charge >= 0.3 is 6.09 Å². The van der Waals surface area contributed by atoms with E-state index in [4.69, 9.17) is 4.74 Å². The van der Waals surface area contributed by atoms with Crippen LogP contribution < -0.4 is 10.6 Å². The van der Waals surface area contributed by atoms with Crippen molar-refractivity contribution in [2.45, 2.75) is 19.5 Å². The van der Waals surface area contributed by atoms with Gasteiger partial charge in [0.25, 0.3) is 0 Å². The second-order valence-corrected chi connectivity index (χ2v) is 3.71. The van der Waals surface area contributed by atoms with Gasteiger partial charge in [0.2, 0.25) is 5.91 Å². The minimum atomic E-state index is -0.668. The normalized spacial score (nSPS) is 17.9. The largest absolute Gasteiger partial charge is 0.450 e. The second-order valence-electron chi connectivity index (χ2n) is 3.71. The van der Waals surface area contributed by atoms with E-state index in [9.17, 15) is 9.59 Å². The summed E-state index contributed by atoms with van der Waals surface area (Å²) in [7, 11) is 0. The molecule has 1 aromatic carbocycles. The van der Waals surface area contributed by atoms with Crippen LogP contribution in [-0.2, 0) is 16.1 Å². The Hall–Kier alpha value is -2.04. The number of ether oxygens (including phenoxy) is 1. The Morgan fingerprint density at radius 1 is 1.53 bits per heavy atom. The molecule has 0 fully saturated rings. The predicted octanol–water partition coefficient (Wildman–Crippen LogP) is 1.10. The molecular formula is C12H14N2O3. The fourth-order valence-corrected chi connectivity index (χ4v) is 1.84. The van der Waals surface area contributed by atoms with E-state index in [1.165, 1.54) is 0 Å². The second kappa shape index (κ2) is 4.86. The van der Waals surface area contributed by atoms with E-state index in [2.05, 4.69) is 10.6 Å². The van der Waals surface area contributed by atoms with Crippen molar-refractivity contribution >= 4 is 12.0 Å². The number of amides is 2. The Morgan fingerprint density at radius 3 is 3.06 bits per heavy atom. The topological polar surface area (TPSA) is 67.4 Å². The van der Waals surface area contributed by atoms with Crippen molar-refractivity contribution in [1.82, 2.24) is 10.6 Å². The zero-order valence-corrected chi connectivity index (χ0v) is 9.53. The zero-order chi connectivity index (χ0) is 12.3. The average Bonchev–Trinajstić information content (AvgIpc) is 2.33. The molecule has 5 heteroatoms. The monoisotopic (exact) mass is 234 g/mol. The van der Waals surface area contributed by atoms with E-state index >= 15 is 0 Å². The molecule has 2 N–H and O–H groups in total. The van der Waals surface area contributed by atoms with Crippen LogP contribution >= 0.6 is 0 Å². The van der Waals surface area contributed by atoms with Crippen LogP contribution in [-0.4, -0.2) is 18.6 Å². The molecule has 0 saturated carbocycles. The zero-order valence-electron chi connectivity index (χ0n) is 9.53. The summed E-state index contributed by atoms with van der Waals surface area (Å²) in [6.45, 7) is 2.49. The van der Waals surface area contributed by atoms with Crippen LogP contribution in [0.1, 0.15) is 24.1 Å². The number of hydrogen-bond acceptors (Lipinski definition) is 3. The van der Waals surface area contributed by atoms with Crippen molar-refractivity contribution in [3.63, 3.8) is 0 Å². The number of nitrogens with one attached hydrogen (secondary N) is 2. The first-order valence-corrected chi connectivity index (χ1v) is 5.51. The summed E-state index contributed by atoms with van der Waals surface area (Å²) >= 11 is 0. The van der Waals surface area contributed by atoms with Crippen LogP contribution in [0.3, 0.4) is 0 Å². The number of fused-ring (bicyclic) bond motifs is 1. The van der Waals surface area contributed by atoms with Crippen molar-refractivity contribution < 1.29 is 14.3 Å². The lowest BCUT2D eigenvalue weighted by Gasteiger charge is -2.25. The van der Waals surface area contributed by atoms with Crippen LogP contribution in [0, 0.1) is 0 Å². The molecule has 0 aliphatic carbocycles. The van der Waals surface area contributed by atoms with E-state index in [1.54, 1.807) is 6.92 Å². The minimum absolute atomic E-state index is 0.211. The highest BCUT2D eigenvalue weighted by Gasteiger charge is 2.28. The molecule has 0 aromatic heterocycles. The molecule has 1 aliphatic heterocycles. The summed E-state index contributed by atoms with van der Waals surface area (Å²) in [6.07, 6.45) is -0.579. The first kappa shape index (κ1) is 11.4. The molecule has 2 rings (SSSR count). The summed E-state index contributed by atoms with van der Waals surface area (Å²) in [5.74, 6) is -0.211. The average molecular weight is 234 g/mol. The molecule has 1 atom stereocenters. The highest BCUT2D eigenvalue weighted by Crippen LogP contribution is 2.22. The van der Waals surface area contributed by atoms with Crippen molar-refractivity contribution in [2.75, 3.05) is 6.61 Å². The van der Waals surface area contributed by atoms with Crippen molar-refractivity contribution in [3.8, 4) is 0 Å². The predicted molar refractivity (Wildman–Crippen MR) is 61.2 cm³/mol. The van der Waals surface area contributed by atoms with Gasteiger partial charge in [0.05, 0.1) is 6.61 Å². The Morgan fingerprint density at radius 2 is 2.29 bits per heavy atom.